The lowest BCUT2D eigenvalue weighted by Crippen LogP contribution is -2.27. The van der Waals surface area contributed by atoms with Gasteiger partial charge in [-0.15, -0.1) is 5.10 Å². The van der Waals surface area contributed by atoms with Crippen LogP contribution in [0.25, 0.3) is 0 Å². The zero-order valence-corrected chi connectivity index (χ0v) is 9.70. The van der Waals surface area contributed by atoms with Crippen LogP contribution in [0.5, 0.6) is 0 Å². The molecule has 0 atom stereocenters. The fourth-order valence-electron chi connectivity index (χ4n) is 1.20. The molecule has 0 aromatic heterocycles. The first-order chi connectivity index (χ1) is 7.20. The Balaban J connectivity index is 3.16. The summed E-state index contributed by atoms with van der Waals surface area (Å²) in [6, 6.07) is 7.55. The highest BCUT2D eigenvalue weighted by Gasteiger charge is 2.11. The number of amidine groups is 1. The predicted molar refractivity (Wildman–Crippen MR) is 65.8 cm³/mol. The van der Waals surface area contributed by atoms with Crippen molar-refractivity contribution >= 4 is 24.2 Å². The first-order valence-corrected chi connectivity index (χ1v) is 5.08. The summed E-state index contributed by atoms with van der Waals surface area (Å²) in [5, 5.41) is 8.23. The molecule has 0 aliphatic rings. The van der Waals surface area contributed by atoms with Gasteiger partial charge in [0, 0.05) is 25.9 Å². The number of hydrogen-bond acceptors (Lipinski definition) is 2. The molecule has 80 valence electrons. The zero-order valence-electron chi connectivity index (χ0n) is 8.94. The first-order valence-electron chi connectivity index (χ1n) is 4.70. The summed E-state index contributed by atoms with van der Waals surface area (Å²) in [6.45, 7) is 6.24. The molecule has 1 aromatic carbocycles. The van der Waals surface area contributed by atoms with Gasteiger partial charge in [0.05, 0.1) is 5.02 Å². The fraction of sp³-hybridized carbons (Fsp3) is 0.273. The molecule has 1 aromatic rings. The molecule has 0 spiro atoms. The van der Waals surface area contributed by atoms with Gasteiger partial charge >= 0.3 is 0 Å². The molecule has 0 heterocycles. The average molecular weight is 224 g/mol. The quantitative estimate of drug-likeness (QED) is 0.440. The lowest BCUT2D eigenvalue weighted by Gasteiger charge is -2.18. The number of halogens is 1. The van der Waals surface area contributed by atoms with Gasteiger partial charge in [-0.05, 0) is 19.1 Å². The van der Waals surface area contributed by atoms with E-state index in [1.165, 1.54) is 0 Å². The summed E-state index contributed by atoms with van der Waals surface area (Å²) in [7, 11) is 1.94. The van der Waals surface area contributed by atoms with Gasteiger partial charge in [0.1, 0.15) is 0 Å². The topological polar surface area (TPSA) is 28.0 Å². The third-order valence-corrected chi connectivity index (χ3v) is 2.45. The lowest BCUT2D eigenvalue weighted by molar-refractivity contribution is 0.534. The number of benzene rings is 1. The summed E-state index contributed by atoms with van der Waals surface area (Å²) >= 11 is 6.09. The van der Waals surface area contributed by atoms with Crippen molar-refractivity contribution in [2.24, 2.45) is 10.2 Å². The second-order valence-corrected chi connectivity index (χ2v) is 3.47. The van der Waals surface area contributed by atoms with E-state index in [0.717, 1.165) is 17.9 Å². The molecule has 1 rings (SSSR count). The van der Waals surface area contributed by atoms with Crippen LogP contribution < -0.4 is 0 Å². The average Bonchev–Trinajstić information content (AvgIpc) is 2.26. The summed E-state index contributed by atoms with van der Waals surface area (Å²) in [4.78, 5) is 1.97. The molecule has 0 aliphatic heterocycles. The Hall–Kier alpha value is -1.35. The fourth-order valence-corrected chi connectivity index (χ4v) is 1.42. The van der Waals surface area contributed by atoms with E-state index in [4.69, 9.17) is 11.6 Å². The molecule has 3 nitrogen and oxygen atoms in total. The monoisotopic (exact) mass is 223 g/mol. The van der Waals surface area contributed by atoms with Crippen molar-refractivity contribution in [2.45, 2.75) is 6.92 Å². The van der Waals surface area contributed by atoms with Crippen molar-refractivity contribution in [1.82, 2.24) is 4.90 Å². The summed E-state index contributed by atoms with van der Waals surface area (Å²) in [5.41, 5.74) is 0.871. The third kappa shape index (κ3) is 2.80. The maximum absolute atomic E-state index is 6.09. The zero-order chi connectivity index (χ0) is 11.3. The molecule has 15 heavy (non-hydrogen) atoms. The minimum absolute atomic E-state index is 0.667. The smallest absolute Gasteiger partial charge is 0.159 e. The van der Waals surface area contributed by atoms with E-state index in [1.807, 2.05) is 43.1 Å². The third-order valence-electron chi connectivity index (χ3n) is 2.12. The van der Waals surface area contributed by atoms with Gasteiger partial charge in [0.2, 0.25) is 0 Å². The van der Waals surface area contributed by atoms with Gasteiger partial charge in [-0.3, -0.25) is 0 Å². The van der Waals surface area contributed by atoms with Crippen molar-refractivity contribution in [3.05, 3.63) is 34.9 Å². The highest BCUT2D eigenvalue weighted by atomic mass is 35.5. The Bertz CT molecular complexity index is 374. The lowest BCUT2D eigenvalue weighted by atomic mass is 10.2. The molecule has 0 aliphatic carbocycles. The summed E-state index contributed by atoms with van der Waals surface area (Å²) in [6.07, 6.45) is 0. The Morgan fingerprint density at radius 2 is 2.13 bits per heavy atom. The van der Waals surface area contributed by atoms with Crippen LogP contribution in [-0.4, -0.2) is 31.0 Å². The van der Waals surface area contributed by atoms with Crippen LogP contribution in [0.1, 0.15) is 12.5 Å². The maximum Gasteiger partial charge on any atom is 0.159 e. The van der Waals surface area contributed by atoms with E-state index in [0.29, 0.717) is 5.02 Å². The molecule has 0 fully saturated rings. The number of hydrogen-bond donors (Lipinski definition) is 0. The van der Waals surface area contributed by atoms with E-state index in [9.17, 15) is 0 Å². The van der Waals surface area contributed by atoms with Crippen molar-refractivity contribution < 1.29 is 0 Å². The molecule has 0 unspecified atom stereocenters. The van der Waals surface area contributed by atoms with Crippen LogP contribution >= 0.6 is 11.6 Å². The van der Waals surface area contributed by atoms with Crippen molar-refractivity contribution in [1.29, 1.82) is 0 Å². The van der Waals surface area contributed by atoms with E-state index < -0.39 is 0 Å². The van der Waals surface area contributed by atoms with Gasteiger partial charge in [0.25, 0.3) is 0 Å². The SMILES string of the molecule is C=N/N=C(/c1ccccc1Cl)N(C)CC. The second kappa shape index (κ2) is 5.51. The number of rotatable bonds is 3. The Kier molecular flexibility index (Phi) is 4.31. The van der Waals surface area contributed by atoms with Crippen LogP contribution in [0, 0.1) is 0 Å². The Morgan fingerprint density at radius 1 is 1.47 bits per heavy atom. The summed E-state index contributed by atoms with van der Waals surface area (Å²) in [5.74, 6) is 0.734. The second-order valence-electron chi connectivity index (χ2n) is 3.06. The Labute approximate surface area is 95.1 Å². The molecular formula is C11H14ClN3. The van der Waals surface area contributed by atoms with Crippen LogP contribution in [0.2, 0.25) is 5.02 Å². The summed E-state index contributed by atoms with van der Waals surface area (Å²) < 4.78 is 0. The van der Waals surface area contributed by atoms with E-state index in [-0.39, 0.29) is 0 Å². The molecule has 0 bridgehead atoms. The van der Waals surface area contributed by atoms with Crippen molar-refractivity contribution in [2.75, 3.05) is 13.6 Å². The molecule has 4 heteroatoms. The van der Waals surface area contributed by atoms with Crippen LogP contribution in [0.15, 0.2) is 34.5 Å². The molecule has 0 saturated carbocycles. The van der Waals surface area contributed by atoms with Gasteiger partial charge in [-0.2, -0.15) is 5.10 Å². The van der Waals surface area contributed by atoms with Gasteiger partial charge in [-0.1, -0.05) is 23.7 Å². The van der Waals surface area contributed by atoms with E-state index >= 15 is 0 Å². The highest BCUT2D eigenvalue weighted by Crippen LogP contribution is 2.17. The molecule has 0 N–H and O–H groups in total. The van der Waals surface area contributed by atoms with E-state index in [2.05, 4.69) is 16.9 Å². The number of nitrogens with zero attached hydrogens (tertiary/aromatic N) is 3. The van der Waals surface area contributed by atoms with Crippen LogP contribution in [-0.2, 0) is 0 Å². The van der Waals surface area contributed by atoms with Gasteiger partial charge in [0.15, 0.2) is 5.84 Å². The normalized spacial score (nSPS) is 11.3. The van der Waals surface area contributed by atoms with E-state index in [1.54, 1.807) is 0 Å². The van der Waals surface area contributed by atoms with Crippen molar-refractivity contribution in [3.8, 4) is 0 Å². The first kappa shape index (κ1) is 11.7. The maximum atomic E-state index is 6.09. The largest absolute Gasteiger partial charge is 0.358 e. The van der Waals surface area contributed by atoms with Crippen LogP contribution in [0.4, 0.5) is 0 Å². The minimum atomic E-state index is 0.667. The van der Waals surface area contributed by atoms with Crippen molar-refractivity contribution in [3.63, 3.8) is 0 Å². The molecule has 0 amide bonds. The Morgan fingerprint density at radius 3 is 2.67 bits per heavy atom. The van der Waals surface area contributed by atoms with Crippen LogP contribution in [0.3, 0.4) is 0 Å². The minimum Gasteiger partial charge on any atom is -0.358 e. The molecular weight excluding hydrogens is 210 g/mol. The van der Waals surface area contributed by atoms with Gasteiger partial charge in [-0.25, -0.2) is 0 Å². The highest BCUT2D eigenvalue weighted by molar-refractivity contribution is 6.34. The van der Waals surface area contributed by atoms with Gasteiger partial charge < -0.3 is 4.90 Å². The molecule has 0 radical (unpaired) electrons. The standard InChI is InChI=1S/C11H14ClN3/c1-4-15(3)11(14-13-2)9-7-5-6-8-10(9)12/h5-8H,2,4H2,1,3H3/b14-11-. The molecule has 0 saturated heterocycles. The predicted octanol–water partition coefficient (Wildman–Crippen LogP) is 2.65.